The van der Waals surface area contributed by atoms with Crippen LogP contribution in [-0.4, -0.2) is 29.1 Å². The number of esters is 1. The van der Waals surface area contributed by atoms with Crippen molar-refractivity contribution in [2.75, 3.05) is 0 Å². The third kappa shape index (κ3) is 2.04. The van der Waals surface area contributed by atoms with E-state index < -0.39 is 0 Å². The number of ketones is 1. The number of fused-ring (bicyclic) bond motifs is 2. The van der Waals surface area contributed by atoms with Crippen molar-refractivity contribution < 1.29 is 19.1 Å². The van der Waals surface area contributed by atoms with Crippen LogP contribution < -0.4 is 0 Å². The zero-order valence-corrected chi connectivity index (χ0v) is 17.3. The summed E-state index contributed by atoms with van der Waals surface area (Å²) in [4.78, 5) is 23.8. The molecule has 0 unspecified atom stereocenters. The van der Waals surface area contributed by atoms with E-state index in [1.54, 1.807) is 6.92 Å². The molecule has 5 aliphatic rings. The Labute approximate surface area is 162 Å². The minimum atomic E-state index is -0.143. The molecule has 1 heterocycles. The van der Waals surface area contributed by atoms with Crippen molar-refractivity contribution in [3.63, 3.8) is 0 Å². The van der Waals surface area contributed by atoms with E-state index in [2.05, 4.69) is 13.8 Å². The fourth-order valence-corrected chi connectivity index (χ4v) is 8.75. The second-order valence-corrected chi connectivity index (χ2v) is 10.8. The Hall–Kier alpha value is -0.900. The minimum absolute atomic E-state index is 0.0176. The molecule has 0 amide bonds. The van der Waals surface area contributed by atoms with Gasteiger partial charge in [0.1, 0.15) is 23.1 Å². The van der Waals surface area contributed by atoms with Gasteiger partial charge in [0.05, 0.1) is 0 Å². The Kier molecular flexibility index (Phi) is 3.61. The van der Waals surface area contributed by atoms with Gasteiger partial charge in [-0.05, 0) is 82.0 Å². The average molecular weight is 375 g/mol. The van der Waals surface area contributed by atoms with Gasteiger partial charge in [0.2, 0.25) is 0 Å². The van der Waals surface area contributed by atoms with E-state index in [9.17, 15) is 9.59 Å². The van der Waals surface area contributed by atoms with Gasteiger partial charge in [-0.3, -0.25) is 9.59 Å². The highest BCUT2D eigenvalue weighted by Gasteiger charge is 2.86. The summed E-state index contributed by atoms with van der Waals surface area (Å²) in [6.07, 6.45) is 9.93. The molecule has 27 heavy (non-hydrogen) atoms. The van der Waals surface area contributed by atoms with Crippen molar-refractivity contribution in [2.45, 2.75) is 103 Å². The first-order valence-corrected chi connectivity index (χ1v) is 11.1. The van der Waals surface area contributed by atoms with E-state index in [4.69, 9.17) is 9.47 Å². The van der Waals surface area contributed by atoms with Crippen LogP contribution in [0.1, 0.15) is 85.5 Å². The van der Waals surface area contributed by atoms with Crippen LogP contribution in [0.25, 0.3) is 0 Å². The van der Waals surface area contributed by atoms with Gasteiger partial charge in [0.15, 0.2) is 0 Å². The van der Waals surface area contributed by atoms with Crippen molar-refractivity contribution in [2.24, 2.45) is 28.6 Å². The molecule has 4 saturated carbocycles. The van der Waals surface area contributed by atoms with Crippen molar-refractivity contribution >= 4 is 11.8 Å². The van der Waals surface area contributed by atoms with Gasteiger partial charge in [-0.1, -0.05) is 13.8 Å². The van der Waals surface area contributed by atoms with Crippen LogP contribution in [0.4, 0.5) is 0 Å². The number of ether oxygens (including phenoxy) is 2. The van der Waals surface area contributed by atoms with Crippen LogP contribution in [0.15, 0.2) is 0 Å². The SMILES string of the molecule is CC(=O)O[C@H]1CC[C@@]2(C)[C@H](CC[C@]34O[C@]35CC[C@H](C(C)=O)[C@@]5(C)CC[C@H]24)C1. The average Bonchev–Trinajstić information content (AvgIpc) is 3.15. The van der Waals surface area contributed by atoms with Gasteiger partial charge in [-0.2, -0.15) is 0 Å². The molecule has 0 radical (unpaired) electrons. The first-order valence-electron chi connectivity index (χ1n) is 11.1. The number of carbonyl (C=O) groups is 2. The van der Waals surface area contributed by atoms with E-state index in [1.165, 1.54) is 19.8 Å². The predicted octanol–water partition coefficient (Wildman–Crippen LogP) is 4.44. The maximum atomic E-state index is 12.3. The lowest BCUT2D eigenvalue weighted by Gasteiger charge is -2.58. The first kappa shape index (κ1) is 18.1. The summed E-state index contributed by atoms with van der Waals surface area (Å²) in [6.45, 7) is 8.15. The number of Topliss-reactive ketones (excluding diaryl/α,β-unsaturated/α-hetero) is 1. The smallest absolute Gasteiger partial charge is 0.302 e. The Morgan fingerprint density at radius 3 is 2.44 bits per heavy atom. The Morgan fingerprint density at radius 1 is 0.963 bits per heavy atom. The summed E-state index contributed by atoms with van der Waals surface area (Å²) >= 11 is 0. The molecule has 5 rings (SSSR count). The van der Waals surface area contributed by atoms with Crippen LogP contribution in [-0.2, 0) is 19.1 Å². The van der Waals surface area contributed by atoms with Gasteiger partial charge < -0.3 is 9.47 Å². The van der Waals surface area contributed by atoms with E-state index in [0.29, 0.717) is 17.6 Å². The second-order valence-electron chi connectivity index (χ2n) is 10.8. The number of carbonyl (C=O) groups excluding carboxylic acids is 2. The molecule has 5 fully saturated rings. The second kappa shape index (κ2) is 5.37. The lowest BCUT2D eigenvalue weighted by Crippen LogP contribution is -2.59. The predicted molar refractivity (Wildman–Crippen MR) is 101 cm³/mol. The lowest BCUT2D eigenvalue weighted by molar-refractivity contribution is -0.156. The zero-order valence-electron chi connectivity index (χ0n) is 17.3. The fraction of sp³-hybridized carbons (Fsp3) is 0.913. The highest BCUT2D eigenvalue weighted by Crippen LogP contribution is 2.81. The molecule has 4 heteroatoms. The van der Waals surface area contributed by atoms with Gasteiger partial charge >= 0.3 is 5.97 Å². The van der Waals surface area contributed by atoms with E-state index in [1.807, 2.05) is 0 Å². The zero-order chi connectivity index (χ0) is 19.2. The summed E-state index contributed by atoms with van der Waals surface area (Å²) in [6, 6.07) is 0. The molecule has 1 saturated heterocycles. The highest BCUT2D eigenvalue weighted by molar-refractivity contribution is 5.80. The molecule has 4 aliphatic carbocycles. The standard InChI is InChI=1S/C23H34O4/c1-14(24)18-7-12-23-21(18,4)10-8-19-20(3)9-6-17(26-15(2)25)13-16(20)5-11-22(19,23)27-23/h16-19H,5-13H2,1-4H3/t16-,17+,18-,19-,20+,21-,22-,23+/m1/s1. The molecule has 0 aromatic rings. The summed E-state index contributed by atoms with van der Waals surface area (Å²) in [5.74, 6) is 1.63. The largest absolute Gasteiger partial charge is 0.463 e. The van der Waals surface area contributed by atoms with Crippen molar-refractivity contribution in [1.82, 2.24) is 0 Å². The van der Waals surface area contributed by atoms with E-state index in [0.717, 1.165) is 44.9 Å². The summed E-state index contributed by atoms with van der Waals surface area (Å²) in [7, 11) is 0. The molecule has 4 nitrogen and oxygen atoms in total. The summed E-state index contributed by atoms with van der Waals surface area (Å²) < 4.78 is 12.4. The maximum Gasteiger partial charge on any atom is 0.302 e. The van der Waals surface area contributed by atoms with Crippen LogP contribution in [0.2, 0.25) is 0 Å². The van der Waals surface area contributed by atoms with Crippen LogP contribution in [0, 0.1) is 28.6 Å². The normalized spacial score (nSPS) is 55.6. The molecular weight excluding hydrogens is 340 g/mol. The molecule has 150 valence electrons. The molecule has 0 bridgehead atoms. The third-order valence-electron chi connectivity index (χ3n) is 9.96. The molecule has 1 aliphatic heterocycles. The van der Waals surface area contributed by atoms with Crippen molar-refractivity contribution in [3.05, 3.63) is 0 Å². The monoisotopic (exact) mass is 374 g/mol. The fourth-order valence-electron chi connectivity index (χ4n) is 8.75. The van der Waals surface area contributed by atoms with Crippen LogP contribution in [0.3, 0.4) is 0 Å². The molecule has 0 N–H and O–H groups in total. The van der Waals surface area contributed by atoms with Crippen LogP contribution in [0.5, 0.6) is 0 Å². The molecule has 8 atom stereocenters. The number of epoxide rings is 1. The summed E-state index contributed by atoms with van der Waals surface area (Å²) in [5, 5.41) is 0. The Bertz CT molecular complexity index is 702. The first-order chi connectivity index (χ1) is 12.7. The third-order valence-corrected chi connectivity index (χ3v) is 9.96. The van der Waals surface area contributed by atoms with E-state index >= 15 is 0 Å². The number of hydrogen-bond acceptors (Lipinski definition) is 4. The summed E-state index contributed by atoms with van der Waals surface area (Å²) in [5.41, 5.74) is 0.297. The van der Waals surface area contributed by atoms with Crippen LogP contribution >= 0.6 is 0 Å². The quantitative estimate of drug-likeness (QED) is 0.530. The topological polar surface area (TPSA) is 55.9 Å². The van der Waals surface area contributed by atoms with Gasteiger partial charge in [0, 0.05) is 18.3 Å². The Morgan fingerprint density at radius 2 is 1.74 bits per heavy atom. The van der Waals surface area contributed by atoms with Crippen molar-refractivity contribution in [1.29, 1.82) is 0 Å². The number of hydrogen-bond donors (Lipinski definition) is 0. The Balaban J connectivity index is 1.43. The molecule has 2 spiro atoms. The lowest BCUT2D eigenvalue weighted by atomic mass is 9.44. The van der Waals surface area contributed by atoms with E-state index in [-0.39, 0.29) is 40.0 Å². The van der Waals surface area contributed by atoms with Gasteiger partial charge in [-0.15, -0.1) is 0 Å². The number of rotatable bonds is 2. The molecular formula is C23H34O4. The molecule has 0 aromatic heterocycles. The van der Waals surface area contributed by atoms with Crippen molar-refractivity contribution in [3.8, 4) is 0 Å². The maximum absolute atomic E-state index is 12.3. The minimum Gasteiger partial charge on any atom is -0.463 e. The highest BCUT2D eigenvalue weighted by atomic mass is 16.6. The van der Waals surface area contributed by atoms with Gasteiger partial charge in [0.25, 0.3) is 0 Å². The molecule has 0 aromatic carbocycles. The van der Waals surface area contributed by atoms with Gasteiger partial charge in [-0.25, -0.2) is 0 Å².